The lowest BCUT2D eigenvalue weighted by Crippen LogP contribution is -2.38. The van der Waals surface area contributed by atoms with Crippen molar-refractivity contribution in [2.75, 3.05) is 24.5 Å². The van der Waals surface area contributed by atoms with Crippen molar-refractivity contribution in [3.8, 4) is 11.4 Å². The quantitative estimate of drug-likeness (QED) is 0.625. The Morgan fingerprint density at radius 1 is 0.871 bits per heavy atom. The molecule has 2 aliphatic heterocycles. The molecule has 0 amide bonds. The first kappa shape index (κ1) is 20.2. The summed E-state index contributed by atoms with van der Waals surface area (Å²) in [5.41, 5.74) is 3.94. The van der Waals surface area contributed by atoms with E-state index in [-0.39, 0.29) is 0 Å². The summed E-state index contributed by atoms with van der Waals surface area (Å²) < 4.78 is 28.2. The van der Waals surface area contributed by atoms with Gasteiger partial charge in [0.25, 0.3) is 0 Å². The molecule has 1 aromatic heterocycles. The highest BCUT2D eigenvalue weighted by Crippen LogP contribution is 2.33. The molecule has 0 radical (unpaired) electrons. The number of aryl methyl sites for hydroxylation is 1. The van der Waals surface area contributed by atoms with E-state index in [1.165, 1.54) is 0 Å². The Morgan fingerprint density at radius 2 is 1.58 bits per heavy atom. The fourth-order valence-corrected chi connectivity index (χ4v) is 5.75. The number of hydrogen-bond donors (Lipinski definition) is 0. The smallest absolute Gasteiger partial charge is 0.243 e. The third-order valence-electron chi connectivity index (χ3n) is 6.10. The third-order valence-corrected chi connectivity index (χ3v) is 7.96. The Bertz CT molecular complexity index is 1190. The molecule has 0 aliphatic carbocycles. The molecule has 0 bridgehead atoms. The van der Waals surface area contributed by atoms with Gasteiger partial charge in [-0.15, -0.1) is 0 Å². The molecule has 5 rings (SSSR count). The Morgan fingerprint density at radius 3 is 2.29 bits per heavy atom. The van der Waals surface area contributed by atoms with Crippen LogP contribution in [0.5, 0.6) is 0 Å². The molecular formula is C24H26N4O2S. The van der Waals surface area contributed by atoms with Crippen LogP contribution >= 0.6 is 0 Å². The molecular weight excluding hydrogens is 408 g/mol. The number of anilines is 1. The van der Waals surface area contributed by atoms with Crippen molar-refractivity contribution in [2.24, 2.45) is 0 Å². The minimum atomic E-state index is -3.56. The number of rotatable bonds is 4. The first-order valence-corrected chi connectivity index (χ1v) is 12.2. The molecule has 7 heteroatoms. The van der Waals surface area contributed by atoms with E-state index in [0.29, 0.717) is 24.4 Å². The van der Waals surface area contributed by atoms with E-state index in [1.54, 1.807) is 16.4 Å². The SMILES string of the molecule is Cc1ccc(S(=O)(=O)N2CCc3nc(-c4ccccc4)nc(N4CCCC4)c3C2)cc1. The first-order valence-electron chi connectivity index (χ1n) is 10.8. The molecule has 1 fully saturated rings. The Hall–Kier alpha value is -2.77. The van der Waals surface area contributed by atoms with Gasteiger partial charge < -0.3 is 4.90 Å². The summed E-state index contributed by atoms with van der Waals surface area (Å²) in [4.78, 5) is 12.4. The van der Waals surface area contributed by atoms with Gasteiger partial charge in [0.15, 0.2) is 5.82 Å². The zero-order valence-electron chi connectivity index (χ0n) is 17.7. The van der Waals surface area contributed by atoms with Gasteiger partial charge in [0.2, 0.25) is 10.0 Å². The van der Waals surface area contributed by atoms with Crippen LogP contribution in [0.2, 0.25) is 0 Å². The molecule has 0 spiro atoms. The summed E-state index contributed by atoms with van der Waals surface area (Å²) in [7, 11) is -3.56. The second-order valence-electron chi connectivity index (χ2n) is 8.26. The molecule has 2 aliphatic rings. The molecule has 6 nitrogen and oxygen atoms in total. The highest BCUT2D eigenvalue weighted by atomic mass is 32.2. The average Bonchev–Trinajstić information content (AvgIpc) is 3.33. The monoisotopic (exact) mass is 434 g/mol. The summed E-state index contributed by atoms with van der Waals surface area (Å²) >= 11 is 0. The molecule has 0 unspecified atom stereocenters. The lowest BCUT2D eigenvalue weighted by molar-refractivity contribution is 0.387. The third kappa shape index (κ3) is 3.83. The van der Waals surface area contributed by atoms with Gasteiger partial charge in [0.1, 0.15) is 5.82 Å². The van der Waals surface area contributed by atoms with Crippen LogP contribution < -0.4 is 4.90 Å². The van der Waals surface area contributed by atoms with Crippen molar-refractivity contribution in [1.82, 2.24) is 14.3 Å². The van der Waals surface area contributed by atoms with Crippen molar-refractivity contribution in [1.29, 1.82) is 0 Å². The molecule has 1 saturated heterocycles. The zero-order chi connectivity index (χ0) is 21.4. The zero-order valence-corrected chi connectivity index (χ0v) is 18.5. The number of nitrogens with zero attached hydrogens (tertiary/aromatic N) is 4. The van der Waals surface area contributed by atoms with Gasteiger partial charge in [-0.1, -0.05) is 48.0 Å². The van der Waals surface area contributed by atoms with Gasteiger partial charge in [-0.2, -0.15) is 4.31 Å². The van der Waals surface area contributed by atoms with E-state index in [9.17, 15) is 8.42 Å². The molecule has 0 N–H and O–H groups in total. The highest BCUT2D eigenvalue weighted by Gasteiger charge is 2.33. The number of benzene rings is 2. The van der Waals surface area contributed by atoms with Crippen molar-refractivity contribution in [3.63, 3.8) is 0 Å². The highest BCUT2D eigenvalue weighted by molar-refractivity contribution is 7.89. The van der Waals surface area contributed by atoms with Crippen molar-refractivity contribution >= 4 is 15.8 Å². The van der Waals surface area contributed by atoms with Gasteiger partial charge >= 0.3 is 0 Å². The van der Waals surface area contributed by atoms with E-state index >= 15 is 0 Å². The Balaban J connectivity index is 1.55. The predicted molar refractivity (Wildman–Crippen MR) is 121 cm³/mol. The normalized spacial score (nSPS) is 17.0. The van der Waals surface area contributed by atoms with Crippen LogP contribution in [0.25, 0.3) is 11.4 Å². The van der Waals surface area contributed by atoms with Crippen LogP contribution in [-0.4, -0.2) is 42.3 Å². The maximum absolute atomic E-state index is 13.3. The largest absolute Gasteiger partial charge is 0.356 e. The summed E-state index contributed by atoms with van der Waals surface area (Å²) in [6.45, 7) is 4.59. The van der Waals surface area contributed by atoms with E-state index in [4.69, 9.17) is 9.97 Å². The van der Waals surface area contributed by atoms with Crippen LogP contribution in [0.4, 0.5) is 5.82 Å². The second kappa shape index (κ2) is 8.05. The van der Waals surface area contributed by atoms with Crippen LogP contribution in [0.15, 0.2) is 59.5 Å². The summed E-state index contributed by atoms with van der Waals surface area (Å²) in [6.07, 6.45) is 2.85. The van der Waals surface area contributed by atoms with Gasteiger partial charge in [0, 0.05) is 43.7 Å². The maximum atomic E-state index is 13.3. The van der Waals surface area contributed by atoms with Crippen LogP contribution in [-0.2, 0) is 23.0 Å². The molecule has 3 aromatic rings. The summed E-state index contributed by atoms with van der Waals surface area (Å²) in [6, 6.07) is 17.1. The van der Waals surface area contributed by atoms with Crippen LogP contribution in [0, 0.1) is 6.92 Å². The van der Waals surface area contributed by atoms with E-state index in [0.717, 1.165) is 60.0 Å². The molecule has 0 atom stereocenters. The van der Waals surface area contributed by atoms with Crippen LogP contribution in [0.1, 0.15) is 29.7 Å². The van der Waals surface area contributed by atoms with Crippen molar-refractivity contribution in [3.05, 3.63) is 71.4 Å². The molecule has 3 heterocycles. The molecule has 0 saturated carbocycles. The fourth-order valence-electron chi connectivity index (χ4n) is 4.34. The minimum Gasteiger partial charge on any atom is -0.356 e. The van der Waals surface area contributed by atoms with E-state index in [1.807, 2.05) is 49.4 Å². The van der Waals surface area contributed by atoms with Crippen molar-refractivity contribution in [2.45, 2.75) is 37.6 Å². The number of fused-ring (bicyclic) bond motifs is 1. The topological polar surface area (TPSA) is 66.4 Å². The number of hydrogen-bond acceptors (Lipinski definition) is 5. The van der Waals surface area contributed by atoms with E-state index in [2.05, 4.69) is 4.90 Å². The van der Waals surface area contributed by atoms with Gasteiger partial charge in [0.05, 0.1) is 10.6 Å². The lowest BCUT2D eigenvalue weighted by atomic mass is 10.1. The number of aromatic nitrogens is 2. The summed E-state index contributed by atoms with van der Waals surface area (Å²) in [5, 5.41) is 0. The van der Waals surface area contributed by atoms with Crippen LogP contribution in [0.3, 0.4) is 0 Å². The lowest BCUT2D eigenvalue weighted by Gasteiger charge is -2.31. The van der Waals surface area contributed by atoms with E-state index < -0.39 is 10.0 Å². The molecule has 31 heavy (non-hydrogen) atoms. The predicted octanol–water partition coefficient (Wildman–Crippen LogP) is 3.80. The maximum Gasteiger partial charge on any atom is 0.243 e. The molecule has 160 valence electrons. The number of sulfonamides is 1. The Kier molecular flexibility index (Phi) is 5.24. The molecule has 2 aromatic carbocycles. The van der Waals surface area contributed by atoms with Gasteiger partial charge in [-0.3, -0.25) is 0 Å². The average molecular weight is 435 g/mol. The Labute approximate surface area is 183 Å². The summed E-state index contributed by atoms with van der Waals surface area (Å²) in [5.74, 6) is 1.61. The van der Waals surface area contributed by atoms with Gasteiger partial charge in [-0.25, -0.2) is 18.4 Å². The van der Waals surface area contributed by atoms with Crippen molar-refractivity contribution < 1.29 is 8.42 Å². The standard InChI is InChI=1S/C24H26N4O2S/c1-18-9-11-20(12-10-18)31(29,30)28-16-13-22-21(17-28)24(27-14-5-6-15-27)26-23(25-22)19-7-3-2-4-8-19/h2-4,7-12H,5-6,13-17H2,1H3. The second-order valence-corrected chi connectivity index (χ2v) is 10.2. The minimum absolute atomic E-state index is 0.312. The van der Waals surface area contributed by atoms with Gasteiger partial charge in [-0.05, 0) is 31.9 Å². The fraction of sp³-hybridized carbons (Fsp3) is 0.333. The first-order chi connectivity index (χ1) is 15.0.